The number of nitrogens with zero attached hydrogens (tertiary/aromatic N) is 4. The van der Waals surface area contributed by atoms with E-state index in [1.54, 1.807) is 42.5 Å². The maximum absolute atomic E-state index is 14.3. The fraction of sp³-hybridized carbons (Fsp3) is 0.200. The Bertz CT molecular complexity index is 1590. The van der Waals surface area contributed by atoms with Gasteiger partial charge in [-0.25, -0.2) is 9.80 Å². The van der Waals surface area contributed by atoms with Crippen molar-refractivity contribution in [3.05, 3.63) is 107 Å². The van der Waals surface area contributed by atoms with Gasteiger partial charge in [-0.3, -0.25) is 29.6 Å². The van der Waals surface area contributed by atoms with Crippen molar-refractivity contribution >= 4 is 46.4 Å². The summed E-state index contributed by atoms with van der Waals surface area (Å²) in [5.74, 6) is -7.16. The highest BCUT2D eigenvalue weighted by Gasteiger charge is 2.75. The van der Waals surface area contributed by atoms with Crippen LogP contribution in [0.3, 0.4) is 0 Å². The molecule has 3 aromatic rings. The summed E-state index contributed by atoms with van der Waals surface area (Å²) < 4.78 is 0. The molecule has 2 heterocycles. The molecule has 3 aliphatic carbocycles. The predicted molar refractivity (Wildman–Crippen MR) is 148 cm³/mol. The highest BCUT2D eigenvalue weighted by atomic mass is 16.8. The molecule has 12 nitrogen and oxygen atoms in total. The molecule has 5 aliphatic rings. The third-order valence-corrected chi connectivity index (χ3v) is 9.05. The summed E-state index contributed by atoms with van der Waals surface area (Å²) >= 11 is 0. The number of anilines is 4. The molecule has 1 saturated carbocycles. The molecule has 2 unspecified atom stereocenters. The summed E-state index contributed by atoms with van der Waals surface area (Å²) in [5, 5.41) is 41.2. The maximum Gasteiger partial charge on any atom is 0.238 e. The Hall–Kier alpha value is -4.88. The van der Waals surface area contributed by atoms with Crippen molar-refractivity contribution in [3.8, 4) is 0 Å². The first-order chi connectivity index (χ1) is 20.2. The van der Waals surface area contributed by atoms with Gasteiger partial charge in [-0.2, -0.15) is 0 Å². The molecule has 2 aliphatic heterocycles. The van der Waals surface area contributed by atoms with E-state index in [0.717, 1.165) is 9.80 Å². The van der Waals surface area contributed by atoms with Crippen molar-refractivity contribution in [2.24, 2.45) is 29.6 Å². The third kappa shape index (κ3) is 3.31. The topological polar surface area (TPSA) is 168 Å². The van der Waals surface area contributed by atoms with Gasteiger partial charge in [0.15, 0.2) is 0 Å². The molecule has 6 atom stereocenters. The second kappa shape index (κ2) is 9.06. The Morgan fingerprint density at radius 2 is 1.12 bits per heavy atom. The van der Waals surface area contributed by atoms with Crippen molar-refractivity contribution in [3.63, 3.8) is 0 Å². The van der Waals surface area contributed by atoms with Gasteiger partial charge in [0.05, 0.1) is 46.4 Å². The number of hydrogen-bond donors (Lipinski definition) is 2. The van der Waals surface area contributed by atoms with Gasteiger partial charge < -0.3 is 20.9 Å². The zero-order valence-corrected chi connectivity index (χ0v) is 21.7. The molecule has 12 heteroatoms. The van der Waals surface area contributed by atoms with Gasteiger partial charge >= 0.3 is 0 Å². The minimum absolute atomic E-state index is 0.0850. The Labute approximate surface area is 238 Å². The monoisotopic (exact) mass is 566 g/mol. The number of rotatable bonds is 5. The number of imide groups is 2. The van der Waals surface area contributed by atoms with E-state index in [1.807, 2.05) is 0 Å². The Kier molecular flexibility index (Phi) is 5.62. The Morgan fingerprint density at radius 3 is 1.57 bits per heavy atom. The fourth-order valence-electron chi connectivity index (χ4n) is 7.49. The van der Waals surface area contributed by atoms with E-state index in [2.05, 4.69) is 0 Å². The van der Waals surface area contributed by atoms with Crippen LogP contribution in [-0.4, -0.2) is 34.0 Å². The number of benzene rings is 3. The molecule has 3 fully saturated rings. The molecule has 42 heavy (non-hydrogen) atoms. The molecule has 4 amide bonds. The lowest BCUT2D eigenvalue weighted by atomic mass is 9.45. The summed E-state index contributed by atoms with van der Waals surface area (Å²) in [5.41, 5.74) is -0.973. The zero-order chi connectivity index (χ0) is 29.5. The molecule has 212 valence electrons. The number of carbonyl (C=O) groups excluding carboxylic acids is 4. The fourth-order valence-corrected chi connectivity index (χ4v) is 7.49. The number of carbonyl (C=O) groups is 4. The zero-order valence-electron chi connectivity index (χ0n) is 21.7. The molecule has 2 bridgehead atoms. The molecule has 3 aromatic carbocycles. The first-order valence-electron chi connectivity index (χ1n) is 13.2. The predicted octanol–water partition coefficient (Wildman–Crippen LogP) is 3.12. The summed E-state index contributed by atoms with van der Waals surface area (Å²) in [6.07, 6.45) is 3.51. The molecule has 2 N–H and O–H groups in total. The lowest BCUT2D eigenvalue weighted by molar-refractivity contribution is -0.140. The highest BCUT2D eigenvalue weighted by molar-refractivity contribution is 6.27. The largest absolute Gasteiger partial charge is 0.733 e. The van der Waals surface area contributed by atoms with Crippen LogP contribution in [-0.2, 0) is 24.6 Å². The van der Waals surface area contributed by atoms with Crippen LogP contribution in [0.15, 0.2) is 91.0 Å². The van der Waals surface area contributed by atoms with Gasteiger partial charge in [-0.1, -0.05) is 54.6 Å². The first kappa shape index (κ1) is 26.0. The lowest BCUT2D eigenvalue weighted by Gasteiger charge is -2.53. The normalized spacial score (nSPS) is 29.3. The van der Waals surface area contributed by atoms with Gasteiger partial charge in [0.1, 0.15) is 0 Å². The molecule has 2 saturated heterocycles. The molecule has 0 spiro atoms. The average Bonchev–Trinajstić information content (AvgIpc) is 3.44. The van der Waals surface area contributed by atoms with Gasteiger partial charge in [0.2, 0.25) is 23.6 Å². The Balaban J connectivity index is 1.39. The highest BCUT2D eigenvalue weighted by Crippen LogP contribution is 2.65. The van der Waals surface area contributed by atoms with E-state index >= 15 is 0 Å². The molecular weight excluding hydrogens is 544 g/mol. The van der Waals surface area contributed by atoms with Gasteiger partial charge in [0, 0.05) is 11.3 Å². The van der Waals surface area contributed by atoms with Crippen molar-refractivity contribution in [2.75, 3.05) is 20.3 Å². The van der Waals surface area contributed by atoms with Crippen LogP contribution in [0.1, 0.15) is 5.56 Å². The van der Waals surface area contributed by atoms with E-state index in [0.29, 0.717) is 5.56 Å². The first-order valence-corrected chi connectivity index (χ1v) is 13.2. The third-order valence-electron chi connectivity index (χ3n) is 9.05. The average molecular weight is 567 g/mol. The van der Waals surface area contributed by atoms with Crippen LogP contribution in [0.4, 0.5) is 22.7 Å². The number of amides is 4. The second-order valence-electron chi connectivity index (χ2n) is 10.9. The van der Waals surface area contributed by atoms with Crippen LogP contribution < -0.4 is 20.3 Å². The number of allylic oxidation sites excluding steroid dienone is 2. The van der Waals surface area contributed by atoms with Gasteiger partial charge in [0.25, 0.3) is 0 Å². The van der Waals surface area contributed by atoms with Crippen molar-refractivity contribution in [2.45, 2.75) is 5.41 Å². The minimum Gasteiger partial charge on any atom is -0.733 e. The summed E-state index contributed by atoms with van der Waals surface area (Å²) in [4.78, 5) is 58.7. The lowest BCUT2D eigenvalue weighted by Crippen LogP contribution is -2.60. The van der Waals surface area contributed by atoms with Crippen molar-refractivity contribution < 1.29 is 29.6 Å². The van der Waals surface area contributed by atoms with Crippen LogP contribution in [0.2, 0.25) is 0 Å². The van der Waals surface area contributed by atoms with Gasteiger partial charge in [-0.15, -0.1) is 0 Å². The van der Waals surface area contributed by atoms with Gasteiger partial charge in [-0.05, 0) is 42.0 Å². The smallest absolute Gasteiger partial charge is 0.238 e. The van der Waals surface area contributed by atoms with Crippen LogP contribution in [0, 0.1) is 40.0 Å². The number of hydrogen-bond acceptors (Lipinski definition) is 10. The summed E-state index contributed by atoms with van der Waals surface area (Å²) in [6, 6.07) is 19.7. The van der Waals surface area contributed by atoms with Crippen LogP contribution >= 0.6 is 0 Å². The quantitative estimate of drug-likeness (QED) is 0.266. The summed E-state index contributed by atoms with van der Waals surface area (Å²) in [7, 11) is 0. The van der Waals surface area contributed by atoms with E-state index < -0.39 is 58.6 Å². The van der Waals surface area contributed by atoms with E-state index in [1.165, 1.54) is 48.5 Å². The molecule has 0 aromatic heterocycles. The molecular formula is C30H22N4O8-2. The van der Waals surface area contributed by atoms with Crippen molar-refractivity contribution in [1.82, 2.24) is 0 Å². The van der Waals surface area contributed by atoms with E-state index in [-0.39, 0.29) is 33.2 Å². The second-order valence-corrected chi connectivity index (χ2v) is 10.9. The standard InChI is InChI=1S/C30H22N4O8/c35-26-22-21-12-13-30(16-6-2-1-3-7-16,24(22)28(37)31(26)17-8-4-10-19(14-17)33(39)40)25-23(21)27(36)32(29(25)38)18-9-5-11-20(15-18)34(41)42/h1-15,21-25,39,41H/q-2/t21?,22-,23+,24+,25-,30?. The Morgan fingerprint density at radius 1 is 0.643 bits per heavy atom. The minimum atomic E-state index is -1.37. The van der Waals surface area contributed by atoms with Crippen molar-refractivity contribution in [1.29, 1.82) is 0 Å². The van der Waals surface area contributed by atoms with E-state index in [4.69, 9.17) is 0 Å². The summed E-state index contributed by atoms with van der Waals surface area (Å²) in [6.45, 7) is 0. The maximum atomic E-state index is 14.3. The van der Waals surface area contributed by atoms with Crippen LogP contribution in [0.25, 0.3) is 0 Å². The van der Waals surface area contributed by atoms with E-state index in [9.17, 15) is 40.0 Å². The SMILES string of the molecule is O=C1[C@@H]2C3C=CC(c4ccccc4)([C@@H]2C(=O)N1c1cccc(N([O-])O)c1)[C@H]1C(=O)N(c2cccc(N([O-])O)c2)C(=O)[C@@H]31. The molecule has 0 radical (unpaired) electrons. The van der Waals surface area contributed by atoms with Crippen LogP contribution in [0.5, 0.6) is 0 Å². The molecule has 8 rings (SSSR count).